The molecule has 0 aliphatic heterocycles. The largest absolute Gasteiger partial charge is 0.368 e. The number of carbonyl (C=O) groups is 1. The van der Waals surface area contributed by atoms with E-state index in [1.165, 1.54) is 0 Å². The van der Waals surface area contributed by atoms with Gasteiger partial charge in [0.1, 0.15) is 6.21 Å². The van der Waals surface area contributed by atoms with Crippen molar-refractivity contribution in [1.82, 2.24) is 9.97 Å². The first-order chi connectivity index (χ1) is 15.9. The zero-order chi connectivity index (χ0) is 24.2. The Morgan fingerprint density at radius 3 is 2.36 bits per heavy atom. The number of fused-ring (bicyclic) bond motifs is 1. The van der Waals surface area contributed by atoms with E-state index < -0.39 is 17.5 Å². The van der Waals surface area contributed by atoms with Crippen LogP contribution in [0.2, 0.25) is 0 Å². The quantitative estimate of drug-likeness (QED) is 0.347. The summed E-state index contributed by atoms with van der Waals surface area (Å²) in [6.07, 6.45) is 17.2. The molecular formula is C22H21N7O3S. The number of rotatable bonds is 7. The number of carbonyl (C=O) groups excluding carboxylic acids is 1. The van der Waals surface area contributed by atoms with Gasteiger partial charge in [-0.25, -0.2) is 15.0 Å². The third kappa shape index (κ3) is 6.75. The normalized spacial score (nSPS) is 11.6. The number of allylic oxidation sites excluding steroid dienone is 1. The molecule has 0 saturated carbocycles. The number of aromatic nitrogens is 2. The van der Waals surface area contributed by atoms with E-state index in [0.29, 0.717) is 30.2 Å². The number of anilines is 3. The average molecular weight is 464 g/mol. The number of benzene rings is 1. The smallest absolute Gasteiger partial charge is 0.335 e. The van der Waals surface area contributed by atoms with Gasteiger partial charge in [-0.1, -0.05) is 17.9 Å². The minimum absolute atomic E-state index is 0.162. The Morgan fingerprint density at radius 2 is 1.79 bits per heavy atom. The van der Waals surface area contributed by atoms with Crippen LogP contribution in [0.25, 0.3) is 5.70 Å². The van der Waals surface area contributed by atoms with Gasteiger partial charge in [-0.05, 0) is 42.7 Å². The molecule has 1 amide bonds. The lowest BCUT2D eigenvalue weighted by Crippen LogP contribution is -2.24. The van der Waals surface area contributed by atoms with Crippen molar-refractivity contribution in [3.8, 4) is 24.7 Å². The summed E-state index contributed by atoms with van der Waals surface area (Å²) in [4.78, 5) is 21.7. The fourth-order valence-corrected chi connectivity index (χ4v) is 3.12. The zero-order valence-corrected chi connectivity index (χ0v) is 18.4. The highest BCUT2D eigenvalue weighted by Gasteiger charge is 2.22. The zero-order valence-electron chi connectivity index (χ0n) is 17.5. The molecule has 3 rings (SSSR count). The standard InChI is InChI=1S/C22H21N7O.O2S/c1-3-12-28(13-4-2)17-8-10-18(11-9-17)29(26-15-20(23)30)19-7-5-6-16-14-25-22(24)27-21(16)19;1-3-2/h1-2,7-11,14-15H,5-6,12-13H2,(H2,23,30)(H2,24,25,27);/b26-15+;. The van der Waals surface area contributed by atoms with Crippen molar-refractivity contribution in [2.45, 2.75) is 12.8 Å². The van der Waals surface area contributed by atoms with Crippen molar-refractivity contribution in [3.63, 3.8) is 0 Å². The fourth-order valence-electron chi connectivity index (χ4n) is 3.12. The first-order valence-corrected chi connectivity index (χ1v) is 10.2. The summed E-state index contributed by atoms with van der Waals surface area (Å²) < 4.78 is 16.6. The molecule has 1 aliphatic carbocycles. The predicted octanol–water partition coefficient (Wildman–Crippen LogP) is 0.726. The molecule has 0 unspecified atom stereocenters. The third-order valence-corrected chi connectivity index (χ3v) is 4.43. The summed E-state index contributed by atoms with van der Waals surface area (Å²) in [6, 6.07) is 7.48. The van der Waals surface area contributed by atoms with Crippen molar-refractivity contribution in [3.05, 3.63) is 47.8 Å². The molecule has 0 spiro atoms. The highest BCUT2D eigenvalue weighted by atomic mass is 32.1. The van der Waals surface area contributed by atoms with Gasteiger partial charge in [-0.15, -0.1) is 12.8 Å². The number of hydrazone groups is 1. The lowest BCUT2D eigenvalue weighted by atomic mass is 10.0. The number of nitrogens with zero attached hydrogens (tertiary/aromatic N) is 5. The van der Waals surface area contributed by atoms with E-state index >= 15 is 0 Å². The van der Waals surface area contributed by atoms with E-state index in [2.05, 4.69) is 26.9 Å². The van der Waals surface area contributed by atoms with Gasteiger partial charge < -0.3 is 16.4 Å². The highest BCUT2D eigenvalue weighted by molar-refractivity contribution is 7.51. The van der Waals surface area contributed by atoms with Crippen molar-refractivity contribution in [2.75, 3.05) is 28.7 Å². The Morgan fingerprint density at radius 1 is 1.18 bits per heavy atom. The summed E-state index contributed by atoms with van der Waals surface area (Å²) >= 11 is -0.750. The van der Waals surface area contributed by atoms with Gasteiger partial charge in [-0.2, -0.15) is 13.5 Å². The summed E-state index contributed by atoms with van der Waals surface area (Å²) in [7, 11) is 0. The molecule has 0 fully saturated rings. The number of amides is 1. The van der Waals surface area contributed by atoms with Crippen LogP contribution in [0.3, 0.4) is 0 Å². The number of aryl methyl sites for hydroxylation is 1. The molecule has 0 atom stereocenters. The first kappa shape index (κ1) is 24.8. The number of primary amides is 1. The Bertz CT molecular complexity index is 1160. The molecule has 11 heteroatoms. The van der Waals surface area contributed by atoms with Crippen LogP contribution in [0.4, 0.5) is 17.3 Å². The van der Waals surface area contributed by atoms with Gasteiger partial charge in [0.05, 0.1) is 30.2 Å². The molecule has 168 valence electrons. The van der Waals surface area contributed by atoms with Crippen molar-refractivity contribution < 1.29 is 13.2 Å². The maximum atomic E-state index is 11.3. The molecule has 1 aromatic carbocycles. The average Bonchev–Trinajstić information content (AvgIpc) is 2.80. The Hall–Kier alpha value is -4.48. The highest BCUT2D eigenvalue weighted by Crippen LogP contribution is 2.32. The van der Waals surface area contributed by atoms with Gasteiger partial charge in [0, 0.05) is 11.9 Å². The molecule has 0 bridgehead atoms. The second-order valence-corrected chi connectivity index (χ2v) is 6.67. The summed E-state index contributed by atoms with van der Waals surface area (Å²) in [5, 5.41) is 5.88. The predicted molar refractivity (Wildman–Crippen MR) is 128 cm³/mol. The Balaban J connectivity index is 0.00000122. The number of hydrogen-bond donors (Lipinski definition) is 2. The SMILES string of the molecule is C#CCN(CC#C)c1ccc(N(/N=C/C(N)=O)C2=CCCc3cnc(N)nc32)cc1.O=S=O. The second kappa shape index (κ2) is 12.4. The Labute approximate surface area is 195 Å². The van der Waals surface area contributed by atoms with E-state index in [4.69, 9.17) is 32.7 Å². The van der Waals surface area contributed by atoms with Gasteiger partial charge >= 0.3 is 11.6 Å². The maximum Gasteiger partial charge on any atom is 0.335 e. The third-order valence-electron chi connectivity index (χ3n) is 4.43. The molecule has 0 saturated heterocycles. The second-order valence-electron chi connectivity index (χ2n) is 6.54. The molecule has 2 aromatic rings. The number of hydrogen-bond acceptors (Lipinski definition) is 9. The molecule has 1 aliphatic rings. The molecule has 0 radical (unpaired) electrons. The summed E-state index contributed by atoms with van der Waals surface area (Å²) in [6.45, 7) is 0.781. The minimum Gasteiger partial charge on any atom is -0.368 e. The van der Waals surface area contributed by atoms with Crippen LogP contribution in [0.1, 0.15) is 17.7 Å². The van der Waals surface area contributed by atoms with E-state index in [9.17, 15) is 4.79 Å². The lowest BCUT2D eigenvalue weighted by Gasteiger charge is -2.26. The van der Waals surface area contributed by atoms with Gasteiger partial charge in [0.25, 0.3) is 5.91 Å². The van der Waals surface area contributed by atoms with Crippen LogP contribution in [0, 0.1) is 24.7 Å². The molecular weight excluding hydrogens is 442 g/mol. The minimum atomic E-state index is -0.750. The van der Waals surface area contributed by atoms with E-state index in [-0.39, 0.29) is 5.95 Å². The fraction of sp³-hybridized carbons (Fsp3) is 0.182. The van der Waals surface area contributed by atoms with Gasteiger partial charge in [-0.3, -0.25) is 4.79 Å². The van der Waals surface area contributed by atoms with Crippen LogP contribution in [-0.4, -0.2) is 43.6 Å². The van der Waals surface area contributed by atoms with Crippen molar-refractivity contribution >= 4 is 46.7 Å². The van der Waals surface area contributed by atoms with Crippen LogP contribution in [0.15, 0.2) is 41.6 Å². The van der Waals surface area contributed by atoms with Crippen LogP contribution < -0.4 is 21.4 Å². The van der Waals surface area contributed by atoms with Gasteiger partial charge in [0.15, 0.2) is 0 Å². The lowest BCUT2D eigenvalue weighted by molar-refractivity contribution is -0.111. The molecule has 33 heavy (non-hydrogen) atoms. The van der Waals surface area contributed by atoms with E-state index in [1.807, 2.05) is 35.2 Å². The number of terminal acetylenes is 2. The number of nitrogens with two attached hydrogens (primary N) is 2. The molecule has 1 aromatic heterocycles. The summed E-state index contributed by atoms with van der Waals surface area (Å²) in [5.74, 6) is 4.70. The molecule has 4 N–H and O–H groups in total. The van der Waals surface area contributed by atoms with Crippen LogP contribution in [-0.2, 0) is 22.8 Å². The number of nitrogen functional groups attached to an aromatic ring is 1. The van der Waals surface area contributed by atoms with Crippen LogP contribution >= 0.6 is 0 Å². The molecule has 1 heterocycles. The van der Waals surface area contributed by atoms with Crippen LogP contribution in [0.5, 0.6) is 0 Å². The maximum absolute atomic E-state index is 11.3. The van der Waals surface area contributed by atoms with Crippen molar-refractivity contribution in [1.29, 1.82) is 0 Å². The first-order valence-electron chi connectivity index (χ1n) is 9.54. The van der Waals surface area contributed by atoms with Gasteiger partial charge in [0.2, 0.25) is 5.95 Å². The van der Waals surface area contributed by atoms with E-state index in [1.54, 1.807) is 11.2 Å². The monoisotopic (exact) mass is 463 g/mol. The molecule has 10 nitrogen and oxygen atoms in total. The van der Waals surface area contributed by atoms with Crippen molar-refractivity contribution in [2.24, 2.45) is 10.8 Å². The van der Waals surface area contributed by atoms with E-state index in [0.717, 1.165) is 30.3 Å². The summed E-state index contributed by atoms with van der Waals surface area (Å²) in [5.41, 5.74) is 15.0. The Kier molecular flexibility index (Phi) is 9.31. The topological polar surface area (TPSA) is 148 Å².